The lowest BCUT2D eigenvalue weighted by Crippen LogP contribution is -2.56. The van der Waals surface area contributed by atoms with Crippen LogP contribution in [0.25, 0.3) is 0 Å². The van der Waals surface area contributed by atoms with E-state index < -0.39 is 17.0 Å². The average Bonchev–Trinajstić information content (AvgIpc) is 3.10. The van der Waals surface area contributed by atoms with Crippen molar-refractivity contribution in [2.75, 3.05) is 19.0 Å². The Morgan fingerprint density at radius 1 is 1.09 bits per heavy atom. The summed E-state index contributed by atoms with van der Waals surface area (Å²) in [7, 11) is 4.06. The smallest absolute Gasteiger partial charge is 0.303 e. The van der Waals surface area contributed by atoms with Gasteiger partial charge in [0.1, 0.15) is 0 Å². The van der Waals surface area contributed by atoms with Gasteiger partial charge in [0.15, 0.2) is 11.4 Å². The summed E-state index contributed by atoms with van der Waals surface area (Å²) in [5, 5.41) is -0.338. The van der Waals surface area contributed by atoms with Gasteiger partial charge in [-0.05, 0) is 85.3 Å². The topological polar surface area (TPSA) is 63.7 Å². The van der Waals surface area contributed by atoms with E-state index in [4.69, 9.17) is 4.74 Å². The van der Waals surface area contributed by atoms with Crippen molar-refractivity contribution < 1.29 is 19.1 Å². The minimum Gasteiger partial charge on any atom is -0.450 e. The summed E-state index contributed by atoms with van der Waals surface area (Å²) < 4.78 is 5.92. The number of thiol groups is 1. The molecule has 2 fully saturated rings. The molecule has 1 aromatic rings. The molecule has 1 aromatic carbocycles. The molecule has 2 unspecified atom stereocenters. The number of carbonyl (C=O) groups is 3. The van der Waals surface area contributed by atoms with Crippen LogP contribution in [0.15, 0.2) is 47.1 Å². The summed E-state index contributed by atoms with van der Waals surface area (Å²) in [4.78, 5) is 39.6. The molecule has 0 spiro atoms. The van der Waals surface area contributed by atoms with Gasteiger partial charge in [0.05, 0.1) is 0 Å². The number of fused-ring (bicyclic) bond motifs is 4. The maximum absolute atomic E-state index is 13.1. The zero-order valence-electron chi connectivity index (χ0n) is 21.1. The van der Waals surface area contributed by atoms with Crippen molar-refractivity contribution in [3.05, 3.63) is 52.6 Å². The predicted molar refractivity (Wildman–Crippen MR) is 140 cm³/mol. The lowest BCUT2D eigenvalue weighted by atomic mass is 9.51. The third kappa shape index (κ3) is 3.71. The minimum absolute atomic E-state index is 0.102. The van der Waals surface area contributed by atoms with Gasteiger partial charge >= 0.3 is 5.97 Å². The van der Waals surface area contributed by atoms with Crippen LogP contribution in [-0.4, -0.2) is 36.6 Å². The Kier molecular flexibility index (Phi) is 6.02. The van der Waals surface area contributed by atoms with Crippen molar-refractivity contribution in [1.82, 2.24) is 0 Å². The highest BCUT2D eigenvalue weighted by Gasteiger charge is 2.67. The maximum Gasteiger partial charge on any atom is 0.303 e. The number of nitrogens with zero attached hydrogens (tertiary/aromatic N) is 1. The lowest BCUT2D eigenvalue weighted by molar-refractivity contribution is -0.178. The molecule has 6 heteroatoms. The molecule has 4 aliphatic rings. The van der Waals surface area contributed by atoms with E-state index in [2.05, 4.69) is 48.7 Å². The van der Waals surface area contributed by atoms with Gasteiger partial charge < -0.3 is 9.64 Å². The lowest BCUT2D eigenvalue weighted by Gasteiger charge is -2.54. The Morgan fingerprint density at radius 2 is 1.80 bits per heavy atom. The normalized spacial score (nSPS) is 33.9. The molecule has 2 saturated carbocycles. The van der Waals surface area contributed by atoms with Crippen molar-refractivity contribution in [3.8, 4) is 0 Å². The second kappa shape index (κ2) is 8.65. The first kappa shape index (κ1) is 24.4. The molecule has 5 nitrogen and oxygen atoms in total. The molecular weight excluding hydrogens is 458 g/mol. The standard InChI is InChI=1S/C29H35NO4S/c1-17(31)34-29(27(33)35)14-13-25-23-11-7-19-15-21(32)10-12-22(19)26(23)24(16-28(25,29)2)18-5-8-20(9-6-18)30(3)4/h5-6,8-9,15,23-25H,7,10-14,16H2,1-4H3,(H,33,35)/t23?,24-,25?,28+,29+/m1/s1. The fraction of sp³-hybridized carbons (Fsp3) is 0.552. The van der Waals surface area contributed by atoms with E-state index in [0.29, 0.717) is 18.8 Å². The molecule has 0 amide bonds. The van der Waals surface area contributed by atoms with E-state index >= 15 is 0 Å². The zero-order chi connectivity index (χ0) is 25.1. The minimum atomic E-state index is -1.21. The molecule has 186 valence electrons. The zero-order valence-corrected chi connectivity index (χ0v) is 22.0. The highest BCUT2D eigenvalue weighted by atomic mass is 32.1. The Hall–Kier alpha value is -2.34. The first-order chi connectivity index (χ1) is 16.6. The molecular formula is C29H35NO4S. The Balaban J connectivity index is 1.68. The fourth-order valence-corrected chi connectivity index (χ4v) is 8.17. The molecule has 0 aliphatic heterocycles. The summed E-state index contributed by atoms with van der Waals surface area (Å²) in [6.07, 6.45) is 7.16. The van der Waals surface area contributed by atoms with E-state index in [-0.39, 0.29) is 22.7 Å². The van der Waals surface area contributed by atoms with Crippen LogP contribution in [-0.2, 0) is 19.1 Å². The molecule has 4 aliphatic carbocycles. The molecule has 0 N–H and O–H groups in total. The number of rotatable bonds is 4. The second-order valence-corrected chi connectivity index (χ2v) is 11.7. The van der Waals surface area contributed by atoms with Crippen LogP contribution in [0.4, 0.5) is 5.69 Å². The summed E-state index contributed by atoms with van der Waals surface area (Å²) >= 11 is 4.30. The maximum atomic E-state index is 13.1. The van der Waals surface area contributed by atoms with Gasteiger partial charge in [0.25, 0.3) is 0 Å². The van der Waals surface area contributed by atoms with Gasteiger partial charge in [-0.2, -0.15) is 0 Å². The molecule has 5 atom stereocenters. The average molecular weight is 494 g/mol. The Bertz CT molecular complexity index is 1150. The molecule has 0 heterocycles. The van der Waals surface area contributed by atoms with Crippen LogP contribution in [0.1, 0.15) is 70.3 Å². The third-order valence-electron chi connectivity index (χ3n) is 9.33. The SMILES string of the molecule is CC(=O)O[C@]1(C(=O)S)CCC2C3CCC4=CC(=O)CCC4=C3[C@@H](c3ccc(N(C)C)cc3)C[C@@]21C. The number of allylic oxidation sites excluding steroid dienone is 4. The van der Waals surface area contributed by atoms with Crippen LogP contribution in [0.3, 0.4) is 0 Å². The van der Waals surface area contributed by atoms with Crippen molar-refractivity contribution >= 4 is 35.2 Å². The van der Waals surface area contributed by atoms with Crippen molar-refractivity contribution in [2.24, 2.45) is 17.3 Å². The van der Waals surface area contributed by atoms with E-state index in [1.54, 1.807) is 0 Å². The van der Waals surface area contributed by atoms with Gasteiger partial charge in [-0.25, -0.2) is 0 Å². The number of ether oxygens (including phenoxy) is 1. The molecule has 0 bridgehead atoms. The van der Waals surface area contributed by atoms with Gasteiger partial charge in [0, 0.05) is 44.5 Å². The van der Waals surface area contributed by atoms with Crippen LogP contribution < -0.4 is 4.90 Å². The van der Waals surface area contributed by atoms with E-state index in [0.717, 1.165) is 37.8 Å². The largest absolute Gasteiger partial charge is 0.450 e. The highest BCUT2D eigenvalue weighted by Crippen LogP contribution is 2.68. The highest BCUT2D eigenvalue weighted by molar-refractivity contribution is 7.96. The van der Waals surface area contributed by atoms with Crippen molar-refractivity contribution in [2.45, 2.75) is 70.3 Å². The first-order valence-corrected chi connectivity index (χ1v) is 13.2. The van der Waals surface area contributed by atoms with Crippen molar-refractivity contribution in [1.29, 1.82) is 0 Å². The van der Waals surface area contributed by atoms with Gasteiger partial charge in [-0.1, -0.05) is 24.6 Å². The van der Waals surface area contributed by atoms with Gasteiger partial charge in [-0.15, -0.1) is 12.6 Å². The quantitative estimate of drug-likeness (QED) is 0.449. The number of esters is 1. The van der Waals surface area contributed by atoms with Crippen LogP contribution >= 0.6 is 12.6 Å². The number of hydrogen-bond donors (Lipinski definition) is 1. The monoisotopic (exact) mass is 493 g/mol. The number of anilines is 1. The molecule has 0 radical (unpaired) electrons. The van der Waals surface area contributed by atoms with E-state index in [9.17, 15) is 14.4 Å². The fourth-order valence-electron chi connectivity index (χ4n) is 7.76. The van der Waals surface area contributed by atoms with E-state index in [1.807, 2.05) is 20.2 Å². The number of ketones is 1. The van der Waals surface area contributed by atoms with E-state index in [1.165, 1.54) is 29.2 Å². The first-order valence-electron chi connectivity index (χ1n) is 12.7. The molecule has 5 rings (SSSR count). The summed E-state index contributed by atoms with van der Waals surface area (Å²) in [6, 6.07) is 8.69. The summed E-state index contributed by atoms with van der Waals surface area (Å²) in [6.45, 7) is 3.54. The summed E-state index contributed by atoms with van der Waals surface area (Å²) in [5.41, 5.74) is 4.67. The molecule has 35 heavy (non-hydrogen) atoms. The molecule has 0 saturated heterocycles. The summed E-state index contributed by atoms with van der Waals surface area (Å²) in [5.74, 6) is 0.440. The predicted octanol–water partition coefficient (Wildman–Crippen LogP) is 5.41. The van der Waals surface area contributed by atoms with Crippen LogP contribution in [0, 0.1) is 17.3 Å². The van der Waals surface area contributed by atoms with Crippen LogP contribution in [0.2, 0.25) is 0 Å². The number of hydrogen-bond acceptors (Lipinski definition) is 5. The van der Waals surface area contributed by atoms with Crippen LogP contribution in [0.5, 0.6) is 0 Å². The Labute approximate surface area is 213 Å². The van der Waals surface area contributed by atoms with Gasteiger partial charge in [0.2, 0.25) is 5.12 Å². The molecule has 0 aromatic heterocycles. The second-order valence-electron chi connectivity index (χ2n) is 11.2. The third-order valence-corrected chi connectivity index (χ3v) is 9.69. The Morgan fingerprint density at radius 3 is 2.43 bits per heavy atom. The number of benzene rings is 1. The van der Waals surface area contributed by atoms with Crippen molar-refractivity contribution in [3.63, 3.8) is 0 Å². The van der Waals surface area contributed by atoms with Gasteiger partial charge in [-0.3, -0.25) is 14.4 Å². The number of carbonyl (C=O) groups excluding carboxylic acids is 3.